The van der Waals surface area contributed by atoms with Gasteiger partial charge in [-0.1, -0.05) is 17.3 Å². The minimum Gasteiger partial charge on any atom is -0.506 e. The van der Waals surface area contributed by atoms with Crippen molar-refractivity contribution in [2.75, 3.05) is 13.6 Å². The zero-order valence-electron chi connectivity index (χ0n) is 9.80. The summed E-state index contributed by atoms with van der Waals surface area (Å²) in [7, 11) is 1.93. The minimum atomic E-state index is 0.208. The molecule has 2 N–H and O–H groups in total. The summed E-state index contributed by atoms with van der Waals surface area (Å²) in [4.78, 5) is 0. The highest BCUT2D eigenvalue weighted by atomic mass is 16.3. The Morgan fingerprint density at radius 2 is 2.18 bits per heavy atom. The maximum atomic E-state index is 9.69. The van der Waals surface area contributed by atoms with E-state index in [-0.39, 0.29) is 5.75 Å². The van der Waals surface area contributed by atoms with E-state index in [4.69, 9.17) is 0 Å². The van der Waals surface area contributed by atoms with Gasteiger partial charge in [0.15, 0.2) is 0 Å². The summed E-state index contributed by atoms with van der Waals surface area (Å²) in [6.45, 7) is 0.962. The highest BCUT2D eigenvalue weighted by Crippen LogP contribution is 2.19. The first-order valence-electron chi connectivity index (χ1n) is 5.65. The summed E-state index contributed by atoms with van der Waals surface area (Å²) in [5, 5.41) is 20.9. The van der Waals surface area contributed by atoms with Gasteiger partial charge in [0.1, 0.15) is 11.4 Å². The van der Waals surface area contributed by atoms with Crippen LogP contribution in [0.15, 0.2) is 30.5 Å². The molecule has 0 fully saturated rings. The molecule has 0 unspecified atom stereocenters. The van der Waals surface area contributed by atoms with Crippen LogP contribution in [0.4, 0.5) is 0 Å². The molecule has 1 aromatic heterocycles. The van der Waals surface area contributed by atoms with Crippen LogP contribution in [-0.4, -0.2) is 33.7 Å². The number of rotatable bonds is 5. The van der Waals surface area contributed by atoms with Crippen LogP contribution in [0.25, 0.3) is 5.69 Å². The van der Waals surface area contributed by atoms with E-state index < -0.39 is 0 Å². The van der Waals surface area contributed by atoms with Gasteiger partial charge in [0, 0.05) is 0 Å². The van der Waals surface area contributed by atoms with Crippen molar-refractivity contribution in [1.82, 2.24) is 20.3 Å². The molecule has 1 aromatic carbocycles. The molecule has 0 aliphatic heterocycles. The van der Waals surface area contributed by atoms with Gasteiger partial charge < -0.3 is 10.4 Å². The topological polar surface area (TPSA) is 63.0 Å². The SMILES string of the molecule is CNCCCc1cn(-c2ccccc2O)nn1. The van der Waals surface area contributed by atoms with Crippen LogP contribution in [0.2, 0.25) is 0 Å². The van der Waals surface area contributed by atoms with Gasteiger partial charge in [-0.25, -0.2) is 4.68 Å². The first-order chi connectivity index (χ1) is 8.31. The summed E-state index contributed by atoms with van der Waals surface area (Å²) in [5.41, 5.74) is 1.59. The normalized spacial score (nSPS) is 10.6. The van der Waals surface area contributed by atoms with Crippen molar-refractivity contribution in [1.29, 1.82) is 0 Å². The number of aromatic hydroxyl groups is 1. The molecule has 0 radical (unpaired) electrons. The van der Waals surface area contributed by atoms with E-state index in [1.165, 1.54) is 0 Å². The van der Waals surface area contributed by atoms with Gasteiger partial charge in [0.2, 0.25) is 0 Å². The Morgan fingerprint density at radius 1 is 1.35 bits per heavy atom. The standard InChI is InChI=1S/C12H16N4O/c1-13-8-4-5-10-9-16(15-14-10)11-6-2-3-7-12(11)17/h2-3,6-7,9,13,17H,4-5,8H2,1H3. The maximum absolute atomic E-state index is 9.69. The summed E-state index contributed by atoms with van der Waals surface area (Å²) < 4.78 is 1.60. The molecule has 90 valence electrons. The van der Waals surface area contributed by atoms with Gasteiger partial charge in [-0.15, -0.1) is 5.10 Å². The van der Waals surface area contributed by atoms with Crippen molar-refractivity contribution < 1.29 is 5.11 Å². The third-order valence-electron chi connectivity index (χ3n) is 2.53. The summed E-state index contributed by atoms with van der Waals surface area (Å²) in [6.07, 6.45) is 3.76. The monoisotopic (exact) mass is 232 g/mol. The second kappa shape index (κ2) is 5.45. The molecule has 0 saturated heterocycles. The van der Waals surface area contributed by atoms with Crippen molar-refractivity contribution in [2.24, 2.45) is 0 Å². The predicted molar refractivity (Wildman–Crippen MR) is 65.3 cm³/mol. The number of hydrogen-bond acceptors (Lipinski definition) is 4. The minimum absolute atomic E-state index is 0.208. The third kappa shape index (κ3) is 2.82. The highest BCUT2D eigenvalue weighted by Gasteiger charge is 2.05. The molecule has 5 nitrogen and oxygen atoms in total. The average molecular weight is 232 g/mol. The number of aryl methyl sites for hydroxylation is 1. The van der Waals surface area contributed by atoms with Crippen molar-refractivity contribution in [3.05, 3.63) is 36.2 Å². The first kappa shape index (κ1) is 11.6. The summed E-state index contributed by atoms with van der Waals surface area (Å²) in [5.74, 6) is 0.208. The zero-order chi connectivity index (χ0) is 12.1. The van der Waals surface area contributed by atoms with Crippen molar-refractivity contribution >= 4 is 0 Å². The Morgan fingerprint density at radius 3 is 2.94 bits per heavy atom. The molecule has 0 atom stereocenters. The second-order valence-corrected chi connectivity index (χ2v) is 3.85. The van der Waals surface area contributed by atoms with Gasteiger partial charge in [-0.05, 0) is 38.6 Å². The van der Waals surface area contributed by atoms with Crippen molar-refractivity contribution in [3.8, 4) is 11.4 Å². The number of hydrogen-bond donors (Lipinski definition) is 2. The van der Waals surface area contributed by atoms with Crippen LogP contribution in [-0.2, 0) is 6.42 Å². The number of nitrogens with zero attached hydrogens (tertiary/aromatic N) is 3. The van der Waals surface area contributed by atoms with Gasteiger partial charge in [0.25, 0.3) is 0 Å². The number of phenolic OH excluding ortho intramolecular Hbond substituents is 1. The first-order valence-corrected chi connectivity index (χ1v) is 5.65. The van der Waals surface area contributed by atoms with Gasteiger partial charge in [-0.2, -0.15) is 0 Å². The van der Waals surface area contributed by atoms with Gasteiger partial charge in [-0.3, -0.25) is 0 Å². The van der Waals surface area contributed by atoms with Crippen LogP contribution in [0, 0.1) is 0 Å². The van der Waals surface area contributed by atoms with Crippen molar-refractivity contribution in [3.63, 3.8) is 0 Å². The Labute approximate surface area is 100 Å². The van der Waals surface area contributed by atoms with Crippen LogP contribution >= 0.6 is 0 Å². The molecule has 17 heavy (non-hydrogen) atoms. The number of phenols is 1. The average Bonchev–Trinajstić information content (AvgIpc) is 2.79. The van der Waals surface area contributed by atoms with E-state index in [9.17, 15) is 5.11 Å². The Kier molecular flexibility index (Phi) is 3.72. The number of benzene rings is 1. The number of nitrogens with one attached hydrogen (secondary N) is 1. The van der Waals surface area contributed by atoms with E-state index in [2.05, 4.69) is 15.6 Å². The molecule has 0 aliphatic rings. The smallest absolute Gasteiger partial charge is 0.141 e. The molecule has 0 bridgehead atoms. The van der Waals surface area contributed by atoms with Crippen LogP contribution in [0.1, 0.15) is 12.1 Å². The lowest BCUT2D eigenvalue weighted by Crippen LogP contribution is -2.08. The maximum Gasteiger partial charge on any atom is 0.141 e. The lowest BCUT2D eigenvalue weighted by Gasteiger charge is -2.01. The molecule has 5 heteroatoms. The van der Waals surface area contributed by atoms with E-state index in [1.54, 1.807) is 22.9 Å². The van der Waals surface area contributed by atoms with E-state index in [0.717, 1.165) is 25.1 Å². The molecule has 2 aromatic rings. The van der Waals surface area contributed by atoms with E-state index >= 15 is 0 Å². The number of para-hydroxylation sites is 2. The molecule has 0 spiro atoms. The molecule has 2 rings (SSSR count). The van der Waals surface area contributed by atoms with E-state index in [0.29, 0.717) is 5.69 Å². The largest absolute Gasteiger partial charge is 0.506 e. The summed E-state index contributed by atoms with van der Waals surface area (Å²) >= 11 is 0. The third-order valence-corrected chi connectivity index (χ3v) is 2.53. The predicted octanol–water partition coefficient (Wildman–Crippen LogP) is 1.12. The molecule has 0 amide bonds. The van der Waals surface area contributed by atoms with Crippen LogP contribution < -0.4 is 5.32 Å². The fourth-order valence-electron chi connectivity index (χ4n) is 1.63. The fourth-order valence-corrected chi connectivity index (χ4v) is 1.63. The fraction of sp³-hybridized carbons (Fsp3) is 0.333. The Hall–Kier alpha value is -1.88. The lowest BCUT2D eigenvalue weighted by atomic mass is 10.2. The van der Waals surface area contributed by atoms with Crippen LogP contribution in [0.5, 0.6) is 5.75 Å². The van der Waals surface area contributed by atoms with Crippen LogP contribution in [0.3, 0.4) is 0 Å². The number of aromatic nitrogens is 3. The molecule has 1 heterocycles. The quantitative estimate of drug-likeness (QED) is 0.758. The highest BCUT2D eigenvalue weighted by molar-refractivity contribution is 5.44. The Bertz CT molecular complexity index is 481. The molecular formula is C12H16N4O. The van der Waals surface area contributed by atoms with Gasteiger partial charge >= 0.3 is 0 Å². The zero-order valence-corrected chi connectivity index (χ0v) is 9.80. The molecule has 0 aliphatic carbocycles. The Balaban J connectivity index is 2.10. The molecule has 0 saturated carbocycles. The summed E-state index contributed by atoms with van der Waals surface area (Å²) in [6, 6.07) is 7.08. The van der Waals surface area contributed by atoms with Crippen molar-refractivity contribution in [2.45, 2.75) is 12.8 Å². The second-order valence-electron chi connectivity index (χ2n) is 3.85. The lowest BCUT2D eigenvalue weighted by molar-refractivity contribution is 0.470. The molecular weight excluding hydrogens is 216 g/mol. The van der Waals surface area contributed by atoms with Gasteiger partial charge in [0.05, 0.1) is 11.9 Å². The van der Waals surface area contributed by atoms with E-state index in [1.807, 2.05) is 19.3 Å².